The zero-order valence-electron chi connectivity index (χ0n) is 11.5. The van der Waals surface area contributed by atoms with Crippen LogP contribution in [0.15, 0.2) is 0 Å². The van der Waals surface area contributed by atoms with Crippen molar-refractivity contribution < 1.29 is 0 Å². The second kappa shape index (κ2) is 5.08. The molecule has 0 spiro atoms. The highest BCUT2D eigenvalue weighted by molar-refractivity contribution is 4.86. The predicted octanol–water partition coefficient (Wildman–Crippen LogP) is 4.08. The lowest BCUT2D eigenvalue weighted by Crippen LogP contribution is -2.35. The molecule has 0 aromatic rings. The summed E-state index contributed by atoms with van der Waals surface area (Å²) < 4.78 is 0. The predicted molar refractivity (Wildman–Crippen MR) is 70.6 cm³/mol. The Kier molecular flexibility index (Phi) is 3.94. The fourth-order valence-electron chi connectivity index (χ4n) is 3.53. The maximum atomic E-state index is 2.81. The molecule has 2 aliphatic rings. The topological polar surface area (TPSA) is 3.24 Å². The first-order chi connectivity index (χ1) is 7.62. The van der Waals surface area contributed by atoms with Gasteiger partial charge < -0.3 is 4.90 Å². The highest BCUT2D eigenvalue weighted by Gasteiger charge is 2.33. The first kappa shape index (κ1) is 12.4. The Labute approximate surface area is 102 Å². The Morgan fingerprint density at radius 2 is 1.69 bits per heavy atom. The van der Waals surface area contributed by atoms with Gasteiger partial charge in [-0.3, -0.25) is 0 Å². The number of hydrogen-bond donors (Lipinski definition) is 0. The lowest BCUT2D eigenvalue weighted by molar-refractivity contribution is 0.164. The third-order valence-electron chi connectivity index (χ3n) is 5.40. The van der Waals surface area contributed by atoms with E-state index in [1.165, 1.54) is 58.0 Å². The van der Waals surface area contributed by atoms with E-state index in [1.54, 1.807) is 0 Å². The summed E-state index contributed by atoms with van der Waals surface area (Å²) in [5, 5.41) is 0. The number of nitrogens with zero attached hydrogens (tertiary/aromatic N) is 1. The van der Waals surface area contributed by atoms with Crippen molar-refractivity contribution in [3.63, 3.8) is 0 Å². The van der Waals surface area contributed by atoms with E-state index < -0.39 is 0 Å². The quantitative estimate of drug-likeness (QED) is 0.682. The summed E-state index contributed by atoms with van der Waals surface area (Å²) in [7, 11) is 0. The third-order valence-corrected chi connectivity index (χ3v) is 5.40. The third kappa shape index (κ3) is 2.61. The van der Waals surface area contributed by atoms with Crippen molar-refractivity contribution in [2.45, 2.75) is 71.8 Å². The van der Waals surface area contributed by atoms with E-state index in [1.807, 2.05) is 0 Å². The summed E-state index contributed by atoms with van der Waals surface area (Å²) in [6.07, 6.45) is 10.2. The summed E-state index contributed by atoms with van der Waals surface area (Å²) in [5.74, 6) is 0.844. The molecule has 1 nitrogen and oxygen atoms in total. The minimum atomic E-state index is 0.605. The molecule has 94 valence electrons. The zero-order valence-corrected chi connectivity index (χ0v) is 11.5. The van der Waals surface area contributed by atoms with Crippen LogP contribution in [0.3, 0.4) is 0 Å². The van der Waals surface area contributed by atoms with E-state index in [2.05, 4.69) is 25.7 Å². The van der Waals surface area contributed by atoms with Gasteiger partial charge >= 0.3 is 0 Å². The van der Waals surface area contributed by atoms with Crippen LogP contribution in [0.2, 0.25) is 0 Å². The van der Waals surface area contributed by atoms with Gasteiger partial charge in [-0.15, -0.1) is 0 Å². The molecule has 1 heteroatoms. The van der Waals surface area contributed by atoms with Gasteiger partial charge in [0.15, 0.2) is 0 Å². The minimum absolute atomic E-state index is 0.605. The number of rotatable bonds is 2. The highest BCUT2D eigenvalue weighted by Crippen LogP contribution is 2.39. The van der Waals surface area contributed by atoms with Gasteiger partial charge in [0.2, 0.25) is 0 Å². The highest BCUT2D eigenvalue weighted by atomic mass is 15.2. The molecule has 1 unspecified atom stereocenters. The van der Waals surface area contributed by atoms with Crippen LogP contribution in [0.25, 0.3) is 0 Å². The van der Waals surface area contributed by atoms with Crippen molar-refractivity contribution in [3.05, 3.63) is 0 Å². The first-order valence-electron chi connectivity index (χ1n) is 7.36. The summed E-state index contributed by atoms with van der Waals surface area (Å²) in [6, 6.07) is 0.939. The van der Waals surface area contributed by atoms with Crippen molar-refractivity contribution in [1.82, 2.24) is 4.90 Å². The van der Waals surface area contributed by atoms with Crippen molar-refractivity contribution in [1.29, 1.82) is 0 Å². The molecule has 0 radical (unpaired) electrons. The first-order valence-corrected chi connectivity index (χ1v) is 7.36. The van der Waals surface area contributed by atoms with E-state index in [9.17, 15) is 0 Å². The Balaban J connectivity index is 1.92. The second-order valence-electron chi connectivity index (χ2n) is 6.64. The summed E-state index contributed by atoms with van der Waals surface area (Å²) in [5.41, 5.74) is 0.605. The van der Waals surface area contributed by atoms with E-state index in [0.717, 1.165) is 12.0 Å². The zero-order chi connectivity index (χ0) is 11.6. The van der Waals surface area contributed by atoms with E-state index >= 15 is 0 Å². The molecule has 1 atom stereocenters. The van der Waals surface area contributed by atoms with Gasteiger partial charge in [-0.2, -0.15) is 0 Å². The van der Waals surface area contributed by atoms with Crippen LogP contribution in [0.4, 0.5) is 0 Å². The largest absolute Gasteiger partial charge is 0.300 e. The van der Waals surface area contributed by atoms with E-state index in [-0.39, 0.29) is 0 Å². The minimum Gasteiger partial charge on any atom is -0.300 e. The van der Waals surface area contributed by atoms with Gasteiger partial charge in [-0.05, 0) is 56.5 Å². The molecule has 2 rings (SSSR count). The normalized spacial score (nSPS) is 34.5. The van der Waals surface area contributed by atoms with Crippen LogP contribution in [-0.4, -0.2) is 24.0 Å². The summed E-state index contributed by atoms with van der Waals surface area (Å²) in [4.78, 5) is 2.81. The number of likely N-dealkylation sites (tertiary alicyclic amines) is 1. The molecule has 16 heavy (non-hydrogen) atoms. The lowest BCUT2D eigenvalue weighted by atomic mass is 9.73. The average Bonchev–Trinajstić information content (AvgIpc) is 2.69. The van der Waals surface area contributed by atoms with Crippen LogP contribution in [0.1, 0.15) is 65.7 Å². The van der Waals surface area contributed by atoms with Crippen LogP contribution >= 0.6 is 0 Å². The standard InChI is InChI=1S/C15H29N/c1-13(2)15(3)9-6-11-16(12-10-15)14-7-4-5-8-14/h13-14H,4-12H2,1-3H3. The van der Waals surface area contributed by atoms with Gasteiger partial charge in [0, 0.05) is 6.04 Å². The Bertz CT molecular complexity index is 217. The van der Waals surface area contributed by atoms with Gasteiger partial charge in [0.1, 0.15) is 0 Å². The lowest BCUT2D eigenvalue weighted by Gasteiger charge is -2.33. The maximum Gasteiger partial charge on any atom is 0.00952 e. The molecule has 1 saturated heterocycles. The number of hydrogen-bond acceptors (Lipinski definition) is 1. The molecule has 0 aromatic carbocycles. The molecule has 0 amide bonds. The smallest absolute Gasteiger partial charge is 0.00952 e. The molecule has 1 aliphatic carbocycles. The summed E-state index contributed by atoms with van der Waals surface area (Å²) >= 11 is 0. The van der Waals surface area contributed by atoms with Gasteiger partial charge in [0.25, 0.3) is 0 Å². The molecule has 1 saturated carbocycles. The van der Waals surface area contributed by atoms with Crippen molar-refractivity contribution >= 4 is 0 Å². The maximum absolute atomic E-state index is 2.81. The Hall–Kier alpha value is -0.0400. The van der Waals surface area contributed by atoms with E-state index in [0.29, 0.717) is 5.41 Å². The van der Waals surface area contributed by atoms with Gasteiger partial charge in [-0.1, -0.05) is 33.6 Å². The van der Waals surface area contributed by atoms with Gasteiger partial charge in [-0.25, -0.2) is 0 Å². The monoisotopic (exact) mass is 223 g/mol. The fourth-order valence-corrected chi connectivity index (χ4v) is 3.53. The van der Waals surface area contributed by atoms with Crippen LogP contribution in [0, 0.1) is 11.3 Å². The van der Waals surface area contributed by atoms with E-state index in [4.69, 9.17) is 0 Å². The average molecular weight is 223 g/mol. The fraction of sp³-hybridized carbons (Fsp3) is 1.00. The second-order valence-corrected chi connectivity index (χ2v) is 6.64. The molecule has 0 bridgehead atoms. The SMILES string of the molecule is CC(C)C1(C)CCCN(C2CCCC2)CC1. The van der Waals surface area contributed by atoms with Gasteiger partial charge in [0.05, 0.1) is 0 Å². The molecule has 1 aliphatic heterocycles. The Morgan fingerprint density at radius 3 is 2.31 bits per heavy atom. The van der Waals surface area contributed by atoms with Crippen molar-refractivity contribution in [2.24, 2.45) is 11.3 Å². The van der Waals surface area contributed by atoms with Crippen molar-refractivity contribution in [3.8, 4) is 0 Å². The van der Waals surface area contributed by atoms with Crippen LogP contribution in [-0.2, 0) is 0 Å². The molecule has 1 heterocycles. The van der Waals surface area contributed by atoms with Crippen LogP contribution in [0.5, 0.6) is 0 Å². The molecular formula is C15H29N. The molecule has 2 fully saturated rings. The van der Waals surface area contributed by atoms with Crippen molar-refractivity contribution in [2.75, 3.05) is 13.1 Å². The molecular weight excluding hydrogens is 194 g/mol. The molecule has 0 N–H and O–H groups in total. The van der Waals surface area contributed by atoms with Crippen LogP contribution < -0.4 is 0 Å². The Morgan fingerprint density at radius 1 is 1.00 bits per heavy atom. The molecule has 0 aromatic heterocycles. The summed E-state index contributed by atoms with van der Waals surface area (Å²) in [6.45, 7) is 10.1.